The van der Waals surface area contributed by atoms with Crippen LogP contribution in [0.5, 0.6) is 0 Å². The van der Waals surface area contributed by atoms with E-state index in [1.165, 1.54) is 5.69 Å². The van der Waals surface area contributed by atoms with Crippen molar-refractivity contribution in [3.63, 3.8) is 0 Å². The van der Waals surface area contributed by atoms with Gasteiger partial charge in [-0.3, -0.25) is 9.48 Å². The first-order chi connectivity index (χ1) is 13.1. The molecule has 1 amide bonds. The molecule has 0 radical (unpaired) electrons. The van der Waals surface area contributed by atoms with E-state index in [4.69, 9.17) is 11.6 Å². The van der Waals surface area contributed by atoms with Crippen molar-refractivity contribution in [2.45, 2.75) is 33.2 Å². The summed E-state index contributed by atoms with van der Waals surface area (Å²) in [4.78, 5) is 16.8. The standard InChI is InChI=1S/C21H27ClN4O/c1-3-4-12-26-21(22)19(17(2)23-26)10-11-20(27)25-15-13-24(14-16-25)18-8-6-5-7-9-18/h5-11H,3-4,12-16H2,1-2H3/b11-10+. The molecule has 5 nitrogen and oxygen atoms in total. The van der Waals surface area contributed by atoms with Crippen LogP contribution in [0.2, 0.25) is 5.15 Å². The third-order valence-electron chi connectivity index (χ3n) is 4.94. The minimum Gasteiger partial charge on any atom is -0.368 e. The van der Waals surface area contributed by atoms with Crippen molar-refractivity contribution < 1.29 is 4.79 Å². The number of nitrogens with zero attached hydrogens (tertiary/aromatic N) is 4. The topological polar surface area (TPSA) is 41.4 Å². The van der Waals surface area contributed by atoms with Crippen molar-refractivity contribution >= 4 is 29.3 Å². The highest BCUT2D eigenvalue weighted by molar-refractivity contribution is 6.31. The summed E-state index contributed by atoms with van der Waals surface area (Å²) >= 11 is 6.44. The molecule has 1 saturated heterocycles. The van der Waals surface area contributed by atoms with Gasteiger partial charge in [-0.05, 0) is 31.6 Å². The van der Waals surface area contributed by atoms with Crippen molar-refractivity contribution in [1.82, 2.24) is 14.7 Å². The second-order valence-electron chi connectivity index (χ2n) is 6.85. The van der Waals surface area contributed by atoms with Crippen LogP contribution in [0.3, 0.4) is 0 Å². The molecular weight excluding hydrogens is 360 g/mol. The van der Waals surface area contributed by atoms with Gasteiger partial charge in [0, 0.05) is 50.1 Å². The number of carbonyl (C=O) groups excluding carboxylic acids is 1. The van der Waals surface area contributed by atoms with Gasteiger partial charge in [0.1, 0.15) is 5.15 Å². The summed E-state index contributed by atoms with van der Waals surface area (Å²) in [6.07, 6.45) is 5.56. The average molecular weight is 387 g/mol. The fraction of sp³-hybridized carbons (Fsp3) is 0.429. The number of rotatable bonds is 6. The van der Waals surface area contributed by atoms with Crippen molar-refractivity contribution in [2.75, 3.05) is 31.1 Å². The van der Waals surface area contributed by atoms with E-state index in [-0.39, 0.29) is 5.91 Å². The highest BCUT2D eigenvalue weighted by Crippen LogP contribution is 2.22. The number of halogens is 1. The zero-order valence-corrected chi connectivity index (χ0v) is 16.8. The molecule has 1 aliphatic rings. The highest BCUT2D eigenvalue weighted by Gasteiger charge is 2.20. The first-order valence-electron chi connectivity index (χ1n) is 9.60. The van der Waals surface area contributed by atoms with E-state index in [2.05, 4.69) is 29.1 Å². The normalized spacial score (nSPS) is 14.9. The van der Waals surface area contributed by atoms with Crippen molar-refractivity contribution in [3.05, 3.63) is 52.8 Å². The van der Waals surface area contributed by atoms with E-state index in [0.717, 1.165) is 56.8 Å². The second-order valence-corrected chi connectivity index (χ2v) is 7.21. The molecule has 0 N–H and O–H groups in total. The maximum absolute atomic E-state index is 12.6. The molecule has 3 rings (SSSR count). The molecule has 1 fully saturated rings. The van der Waals surface area contributed by atoms with E-state index < -0.39 is 0 Å². The Labute approximate surface area is 166 Å². The first-order valence-corrected chi connectivity index (χ1v) is 9.98. The van der Waals surface area contributed by atoms with Crippen molar-refractivity contribution in [3.8, 4) is 0 Å². The Morgan fingerprint density at radius 3 is 2.56 bits per heavy atom. The monoisotopic (exact) mass is 386 g/mol. The van der Waals surface area contributed by atoms with Crippen LogP contribution < -0.4 is 4.90 Å². The van der Waals surface area contributed by atoms with E-state index in [9.17, 15) is 4.79 Å². The smallest absolute Gasteiger partial charge is 0.246 e. The molecule has 0 aliphatic carbocycles. The van der Waals surface area contributed by atoms with Crippen molar-refractivity contribution in [2.24, 2.45) is 0 Å². The Morgan fingerprint density at radius 1 is 1.19 bits per heavy atom. The molecule has 144 valence electrons. The second kappa shape index (κ2) is 9.09. The van der Waals surface area contributed by atoms with Gasteiger partial charge in [0.05, 0.1) is 5.69 Å². The fourth-order valence-electron chi connectivity index (χ4n) is 3.30. The SMILES string of the molecule is CCCCn1nc(C)c(/C=C/C(=O)N2CCN(c3ccccc3)CC2)c1Cl. The number of hydrogen-bond donors (Lipinski definition) is 0. The molecule has 2 heterocycles. The van der Waals surface area contributed by atoms with Crippen LogP contribution in [-0.2, 0) is 11.3 Å². The Morgan fingerprint density at radius 2 is 1.89 bits per heavy atom. The van der Waals surface area contributed by atoms with Crippen LogP contribution >= 0.6 is 11.6 Å². The molecular formula is C21H27ClN4O. The molecule has 1 aromatic carbocycles. The number of carbonyl (C=O) groups is 1. The number of amides is 1. The lowest BCUT2D eigenvalue weighted by atomic mass is 10.2. The number of aryl methyl sites for hydroxylation is 2. The number of anilines is 1. The highest BCUT2D eigenvalue weighted by atomic mass is 35.5. The lowest BCUT2D eigenvalue weighted by Crippen LogP contribution is -2.48. The first kappa shape index (κ1) is 19.5. The van der Waals surface area contributed by atoms with Crippen LogP contribution in [-0.4, -0.2) is 46.8 Å². The Hall–Kier alpha value is -2.27. The summed E-state index contributed by atoms with van der Waals surface area (Å²) < 4.78 is 1.82. The largest absolute Gasteiger partial charge is 0.368 e. The van der Waals surface area contributed by atoms with Gasteiger partial charge in [0.15, 0.2) is 0 Å². The average Bonchev–Trinajstić information content (AvgIpc) is 2.98. The molecule has 1 aromatic heterocycles. The summed E-state index contributed by atoms with van der Waals surface area (Å²) in [7, 11) is 0. The maximum atomic E-state index is 12.6. The predicted molar refractivity (Wildman–Crippen MR) is 111 cm³/mol. The molecule has 0 unspecified atom stereocenters. The third-order valence-corrected chi connectivity index (χ3v) is 5.34. The third kappa shape index (κ3) is 4.72. The molecule has 27 heavy (non-hydrogen) atoms. The lowest BCUT2D eigenvalue weighted by Gasteiger charge is -2.35. The fourth-order valence-corrected chi connectivity index (χ4v) is 3.62. The summed E-state index contributed by atoms with van der Waals surface area (Å²) in [6, 6.07) is 10.3. The molecule has 2 aromatic rings. The van der Waals surface area contributed by atoms with Gasteiger partial charge in [-0.25, -0.2) is 0 Å². The van der Waals surface area contributed by atoms with Crippen LogP contribution in [0.1, 0.15) is 31.0 Å². The van der Waals surface area contributed by atoms with Gasteiger partial charge < -0.3 is 9.80 Å². The number of aromatic nitrogens is 2. The van der Waals surface area contributed by atoms with Gasteiger partial charge in [0.25, 0.3) is 0 Å². The summed E-state index contributed by atoms with van der Waals surface area (Å²) in [5.74, 6) is 0.0273. The van der Waals surface area contributed by atoms with E-state index >= 15 is 0 Å². The number of hydrogen-bond acceptors (Lipinski definition) is 3. The number of para-hydroxylation sites is 1. The summed E-state index contributed by atoms with van der Waals surface area (Å²) in [5.41, 5.74) is 2.90. The Kier molecular flexibility index (Phi) is 6.56. The summed E-state index contributed by atoms with van der Waals surface area (Å²) in [5, 5.41) is 5.09. The number of benzene rings is 1. The maximum Gasteiger partial charge on any atom is 0.246 e. The van der Waals surface area contributed by atoms with Gasteiger partial charge >= 0.3 is 0 Å². The predicted octanol–water partition coefficient (Wildman–Crippen LogP) is 4.01. The molecule has 1 aliphatic heterocycles. The quantitative estimate of drug-likeness (QED) is 0.704. The van der Waals surface area contributed by atoms with Gasteiger partial charge in [-0.2, -0.15) is 5.10 Å². The minimum atomic E-state index is 0.0273. The lowest BCUT2D eigenvalue weighted by molar-refractivity contribution is -0.126. The number of piperazine rings is 1. The molecule has 0 bridgehead atoms. The minimum absolute atomic E-state index is 0.0273. The van der Waals surface area contributed by atoms with Gasteiger partial charge in [-0.1, -0.05) is 43.1 Å². The van der Waals surface area contributed by atoms with E-state index in [0.29, 0.717) is 5.15 Å². The summed E-state index contributed by atoms with van der Waals surface area (Å²) in [6.45, 7) is 8.01. The van der Waals surface area contributed by atoms with Gasteiger partial charge in [0.2, 0.25) is 5.91 Å². The molecule has 6 heteroatoms. The molecule has 0 spiro atoms. The van der Waals surface area contributed by atoms with Crippen molar-refractivity contribution in [1.29, 1.82) is 0 Å². The molecule has 0 saturated carbocycles. The van der Waals surface area contributed by atoms with Crippen LogP contribution in [0.15, 0.2) is 36.4 Å². The van der Waals surface area contributed by atoms with Gasteiger partial charge in [-0.15, -0.1) is 0 Å². The van der Waals surface area contributed by atoms with E-state index in [1.807, 2.05) is 34.7 Å². The van der Waals surface area contributed by atoms with Crippen LogP contribution in [0, 0.1) is 6.92 Å². The zero-order valence-electron chi connectivity index (χ0n) is 16.1. The van der Waals surface area contributed by atoms with Crippen LogP contribution in [0.4, 0.5) is 5.69 Å². The number of unbranched alkanes of at least 4 members (excludes halogenated alkanes) is 1. The van der Waals surface area contributed by atoms with E-state index in [1.54, 1.807) is 12.2 Å². The Bertz CT molecular complexity index is 792. The Balaban J connectivity index is 1.59. The van der Waals surface area contributed by atoms with Crippen LogP contribution in [0.25, 0.3) is 6.08 Å². The zero-order chi connectivity index (χ0) is 19.2. The molecule has 0 atom stereocenters.